The van der Waals surface area contributed by atoms with Crippen LogP contribution in [0.15, 0.2) is 24.4 Å². The molecule has 2 aromatic heterocycles. The fourth-order valence-corrected chi connectivity index (χ4v) is 2.75. The number of carbonyl (C=O) groups excluding carboxylic acids is 1. The number of fused-ring (bicyclic) bond motifs is 3. The van der Waals surface area contributed by atoms with Crippen LogP contribution in [0.3, 0.4) is 0 Å². The van der Waals surface area contributed by atoms with Gasteiger partial charge in [0.25, 0.3) is 0 Å². The highest BCUT2D eigenvalue weighted by Crippen LogP contribution is 2.25. The van der Waals surface area contributed by atoms with Crippen LogP contribution >= 0.6 is 11.3 Å². The van der Waals surface area contributed by atoms with Gasteiger partial charge in [-0.2, -0.15) is 0 Å². The summed E-state index contributed by atoms with van der Waals surface area (Å²) < 4.78 is 6.34. The summed E-state index contributed by atoms with van der Waals surface area (Å²) in [4.78, 5) is 27.8. The van der Waals surface area contributed by atoms with Crippen molar-refractivity contribution >= 4 is 39.3 Å². The molecule has 0 aliphatic carbocycles. The number of nitrogens with zero attached hydrogens (tertiary/aromatic N) is 2. The van der Waals surface area contributed by atoms with Crippen LogP contribution < -0.4 is 0 Å². The summed E-state index contributed by atoms with van der Waals surface area (Å²) in [6, 6.07) is 4.69. The quantitative estimate of drug-likeness (QED) is 0.724. The van der Waals surface area contributed by atoms with E-state index in [1.165, 1.54) is 30.6 Å². The molecule has 1 aromatic carbocycles. The van der Waals surface area contributed by atoms with Gasteiger partial charge in [0, 0.05) is 6.20 Å². The van der Waals surface area contributed by atoms with E-state index in [1.54, 1.807) is 16.7 Å². The van der Waals surface area contributed by atoms with Crippen molar-refractivity contribution in [2.45, 2.75) is 0 Å². The Kier molecular flexibility index (Phi) is 2.49. The Labute approximate surface area is 110 Å². The van der Waals surface area contributed by atoms with Crippen LogP contribution in [0.25, 0.3) is 16.0 Å². The maximum absolute atomic E-state index is 11.4. The van der Waals surface area contributed by atoms with Crippen molar-refractivity contribution < 1.29 is 19.4 Å². The zero-order valence-electron chi connectivity index (χ0n) is 9.78. The molecule has 0 amide bonds. The van der Waals surface area contributed by atoms with Gasteiger partial charge in [-0.25, -0.2) is 14.6 Å². The molecule has 0 unspecified atom stereocenters. The second-order valence-corrected chi connectivity index (χ2v) is 4.87. The number of rotatable bonds is 2. The molecule has 2 heterocycles. The third-order valence-electron chi connectivity index (χ3n) is 2.74. The normalized spacial score (nSPS) is 11.0. The zero-order valence-corrected chi connectivity index (χ0v) is 10.6. The van der Waals surface area contributed by atoms with Crippen molar-refractivity contribution in [1.82, 2.24) is 9.38 Å². The maximum atomic E-state index is 11.4. The largest absolute Gasteiger partial charge is 0.478 e. The van der Waals surface area contributed by atoms with E-state index in [1.807, 2.05) is 0 Å². The molecule has 0 aliphatic heterocycles. The predicted octanol–water partition coefficient (Wildman–Crippen LogP) is 2.03. The third-order valence-corrected chi connectivity index (χ3v) is 3.70. The molecular formula is C12H8N2O4S. The predicted molar refractivity (Wildman–Crippen MR) is 68.9 cm³/mol. The Morgan fingerprint density at radius 1 is 1.42 bits per heavy atom. The lowest BCUT2D eigenvalue weighted by molar-refractivity contribution is 0.0605. The summed E-state index contributed by atoms with van der Waals surface area (Å²) >= 11 is 1.20. The van der Waals surface area contributed by atoms with Gasteiger partial charge in [-0.05, 0) is 18.2 Å². The number of imidazole rings is 1. The van der Waals surface area contributed by atoms with E-state index in [-0.39, 0.29) is 5.56 Å². The van der Waals surface area contributed by atoms with Crippen molar-refractivity contribution in [1.29, 1.82) is 0 Å². The van der Waals surface area contributed by atoms with E-state index in [9.17, 15) is 9.59 Å². The molecule has 0 spiro atoms. The fourth-order valence-electron chi connectivity index (χ4n) is 1.84. The van der Waals surface area contributed by atoms with E-state index >= 15 is 0 Å². The second-order valence-electron chi connectivity index (χ2n) is 3.86. The van der Waals surface area contributed by atoms with Crippen molar-refractivity contribution in [3.8, 4) is 0 Å². The number of aromatic nitrogens is 2. The average Bonchev–Trinajstić information content (AvgIpc) is 2.94. The van der Waals surface area contributed by atoms with Crippen LogP contribution in [-0.2, 0) is 4.74 Å². The number of carboxylic acid groups (broad SMARTS) is 1. The Balaban J connectivity index is 2.26. The highest BCUT2D eigenvalue weighted by Gasteiger charge is 2.15. The lowest BCUT2D eigenvalue weighted by atomic mass is 10.2. The minimum Gasteiger partial charge on any atom is -0.478 e. The molecule has 0 aliphatic rings. The number of esters is 1. The number of benzene rings is 1. The van der Waals surface area contributed by atoms with Gasteiger partial charge in [0.05, 0.1) is 23.7 Å². The van der Waals surface area contributed by atoms with Crippen molar-refractivity contribution in [3.63, 3.8) is 0 Å². The molecule has 19 heavy (non-hydrogen) atoms. The Morgan fingerprint density at radius 2 is 2.21 bits per heavy atom. The topological polar surface area (TPSA) is 80.9 Å². The lowest BCUT2D eigenvalue weighted by Crippen LogP contribution is -1.98. The van der Waals surface area contributed by atoms with Gasteiger partial charge in [0.1, 0.15) is 4.88 Å². The molecule has 0 saturated carbocycles. The molecule has 6 nitrogen and oxygen atoms in total. The van der Waals surface area contributed by atoms with Gasteiger partial charge < -0.3 is 9.84 Å². The summed E-state index contributed by atoms with van der Waals surface area (Å²) in [5.41, 5.74) is 1.52. The number of hydrogen-bond acceptors (Lipinski definition) is 5. The number of methoxy groups -OCH3 is 1. The van der Waals surface area contributed by atoms with E-state index in [2.05, 4.69) is 9.72 Å². The number of aromatic carboxylic acids is 1. The molecular weight excluding hydrogens is 268 g/mol. The summed E-state index contributed by atoms with van der Waals surface area (Å²) in [6.45, 7) is 0. The van der Waals surface area contributed by atoms with E-state index in [0.29, 0.717) is 20.9 Å². The van der Waals surface area contributed by atoms with Crippen LogP contribution in [0.1, 0.15) is 20.0 Å². The van der Waals surface area contributed by atoms with E-state index in [0.717, 1.165) is 0 Å². The average molecular weight is 276 g/mol. The first-order chi connectivity index (χ1) is 9.10. The molecule has 96 valence electrons. The minimum absolute atomic E-state index is 0.181. The number of thiazole rings is 1. The van der Waals surface area contributed by atoms with Crippen molar-refractivity contribution in [2.24, 2.45) is 0 Å². The number of carboxylic acids is 1. The first kappa shape index (κ1) is 11.7. The van der Waals surface area contributed by atoms with Gasteiger partial charge in [-0.15, -0.1) is 0 Å². The minimum atomic E-state index is -1.000. The molecule has 3 rings (SSSR count). The van der Waals surface area contributed by atoms with Gasteiger partial charge in [0.15, 0.2) is 4.96 Å². The summed E-state index contributed by atoms with van der Waals surface area (Å²) in [5, 5.41) is 8.98. The Hall–Kier alpha value is -2.41. The fraction of sp³-hybridized carbons (Fsp3) is 0.0833. The van der Waals surface area contributed by atoms with Gasteiger partial charge >= 0.3 is 11.9 Å². The van der Waals surface area contributed by atoms with Gasteiger partial charge in [-0.1, -0.05) is 11.3 Å². The standard InChI is InChI=1S/C12H8N2O4S/c1-18-11(17)9-5-14-8-4-6(10(15)16)2-3-7(8)13-12(14)19-9/h2-5H,1H3,(H,15,16). The third kappa shape index (κ3) is 1.75. The molecule has 0 bridgehead atoms. The highest BCUT2D eigenvalue weighted by molar-refractivity contribution is 7.18. The Morgan fingerprint density at radius 3 is 2.89 bits per heavy atom. The molecule has 0 saturated heterocycles. The Bertz CT molecular complexity index is 818. The molecule has 7 heteroatoms. The number of hydrogen-bond donors (Lipinski definition) is 1. The first-order valence-electron chi connectivity index (χ1n) is 5.33. The van der Waals surface area contributed by atoms with E-state index in [4.69, 9.17) is 5.11 Å². The van der Waals surface area contributed by atoms with Crippen LogP contribution in [0.5, 0.6) is 0 Å². The highest BCUT2D eigenvalue weighted by atomic mass is 32.1. The SMILES string of the molecule is COC(=O)c1cn2c(nc3ccc(C(=O)O)cc32)s1. The van der Waals surface area contributed by atoms with E-state index < -0.39 is 11.9 Å². The first-order valence-corrected chi connectivity index (χ1v) is 6.15. The summed E-state index contributed by atoms with van der Waals surface area (Å²) in [6.07, 6.45) is 1.60. The van der Waals surface area contributed by atoms with Crippen LogP contribution in [-0.4, -0.2) is 33.5 Å². The number of carbonyl (C=O) groups is 2. The molecule has 0 radical (unpaired) electrons. The number of ether oxygens (including phenoxy) is 1. The summed E-state index contributed by atoms with van der Waals surface area (Å²) in [7, 11) is 1.31. The summed E-state index contributed by atoms with van der Waals surface area (Å²) in [5.74, 6) is -1.43. The smallest absolute Gasteiger partial charge is 0.349 e. The van der Waals surface area contributed by atoms with Crippen LogP contribution in [0, 0.1) is 0 Å². The molecule has 0 fully saturated rings. The second kappa shape index (κ2) is 4.06. The van der Waals surface area contributed by atoms with Crippen molar-refractivity contribution in [2.75, 3.05) is 7.11 Å². The van der Waals surface area contributed by atoms with Crippen LogP contribution in [0.2, 0.25) is 0 Å². The van der Waals surface area contributed by atoms with Crippen LogP contribution in [0.4, 0.5) is 0 Å². The lowest BCUT2D eigenvalue weighted by Gasteiger charge is -1.95. The zero-order chi connectivity index (χ0) is 13.6. The van der Waals surface area contributed by atoms with Gasteiger partial charge in [-0.3, -0.25) is 4.40 Å². The monoisotopic (exact) mass is 276 g/mol. The molecule has 1 N–H and O–H groups in total. The van der Waals surface area contributed by atoms with Crippen molar-refractivity contribution in [3.05, 3.63) is 34.8 Å². The maximum Gasteiger partial charge on any atom is 0.349 e. The van der Waals surface area contributed by atoms with Gasteiger partial charge in [0.2, 0.25) is 0 Å². The molecule has 3 aromatic rings. The molecule has 0 atom stereocenters.